The molecule has 4 rings (SSSR count). The molecule has 1 aliphatic rings. The van der Waals surface area contributed by atoms with Crippen molar-refractivity contribution in [2.75, 3.05) is 20.1 Å². The summed E-state index contributed by atoms with van der Waals surface area (Å²) in [6, 6.07) is 4.06. The quantitative estimate of drug-likeness (QED) is 0.372. The number of carboxylic acids is 1. The molecule has 3 aromatic rings. The topological polar surface area (TPSA) is 139 Å². The molecule has 0 amide bonds. The molecule has 156 valence electrons. The first-order valence-corrected chi connectivity index (χ1v) is 9.68. The third-order valence-electron chi connectivity index (χ3n) is 5.56. The Morgan fingerprint density at radius 2 is 1.87 bits per heavy atom. The van der Waals surface area contributed by atoms with Crippen LogP contribution in [0.4, 0.5) is 0 Å². The van der Waals surface area contributed by atoms with E-state index in [1.54, 1.807) is 0 Å². The van der Waals surface area contributed by atoms with Crippen molar-refractivity contribution >= 4 is 34.3 Å². The molecule has 1 fully saturated rings. The van der Waals surface area contributed by atoms with Gasteiger partial charge in [-0.15, -0.1) is 0 Å². The van der Waals surface area contributed by atoms with Crippen molar-refractivity contribution < 1.29 is 25.2 Å². The number of rotatable bonds is 5. The number of likely N-dealkylation sites (tertiary alicyclic amines) is 1. The minimum atomic E-state index is -1.23. The molecule has 1 unspecified atom stereocenters. The Kier molecular flexibility index (Phi) is 5.13. The van der Waals surface area contributed by atoms with E-state index >= 15 is 0 Å². The smallest absolute Gasteiger partial charge is 0.337 e. The third-order valence-corrected chi connectivity index (χ3v) is 5.56. The average molecular weight is 410 g/mol. The number of aromatic carboxylic acids is 1. The van der Waals surface area contributed by atoms with Crippen LogP contribution < -0.4 is 0 Å². The first-order chi connectivity index (χ1) is 14.4. The summed E-state index contributed by atoms with van der Waals surface area (Å²) in [5.41, 5.74) is 0.153. The van der Waals surface area contributed by atoms with Crippen molar-refractivity contribution in [1.82, 2.24) is 14.9 Å². The molecule has 4 N–H and O–H groups in total. The van der Waals surface area contributed by atoms with Gasteiger partial charge in [0.05, 0.1) is 11.1 Å². The van der Waals surface area contributed by atoms with Crippen LogP contribution in [-0.4, -0.2) is 73.7 Å². The van der Waals surface area contributed by atoms with E-state index in [0.29, 0.717) is 12.6 Å². The number of aliphatic imine (C=N–C) groups is 1. The number of nitrogens with zero attached hydrogens (tertiary/aromatic N) is 4. The first-order valence-electron chi connectivity index (χ1n) is 9.68. The molecule has 0 saturated carbocycles. The minimum absolute atomic E-state index is 0.0189. The van der Waals surface area contributed by atoms with Crippen LogP contribution in [-0.2, 0) is 0 Å². The normalized spacial score (nSPS) is 17.4. The van der Waals surface area contributed by atoms with Crippen LogP contribution in [0.15, 0.2) is 23.2 Å². The second-order valence-electron chi connectivity index (χ2n) is 7.48. The first kappa shape index (κ1) is 19.8. The number of carboxylic acid groups (broad SMARTS) is 1. The fourth-order valence-corrected chi connectivity index (χ4v) is 3.91. The number of aromatic hydroxyl groups is 3. The Bertz CT molecular complexity index is 1180. The molecule has 1 atom stereocenters. The van der Waals surface area contributed by atoms with Crippen molar-refractivity contribution in [2.45, 2.75) is 25.3 Å². The predicted molar refractivity (Wildman–Crippen MR) is 112 cm³/mol. The minimum Gasteiger partial charge on any atom is -0.507 e. The Balaban J connectivity index is 1.77. The molecule has 2 heterocycles. The second-order valence-corrected chi connectivity index (χ2v) is 7.48. The zero-order chi connectivity index (χ0) is 21.4. The number of benzene rings is 2. The van der Waals surface area contributed by atoms with Gasteiger partial charge in [-0.25, -0.2) is 14.8 Å². The lowest BCUT2D eigenvalue weighted by Crippen LogP contribution is -2.25. The molecule has 2 aromatic carbocycles. The van der Waals surface area contributed by atoms with Crippen LogP contribution in [0, 0.1) is 0 Å². The van der Waals surface area contributed by atoms with Crippen LogP contribution in [0.3, 0.4) is 0 Å². The van der Waals surface area contributed by atoms with Crippen molar-refractivity contribution in [3.05, 3.63) is 29.3 Å². The molecule has 9 nitrogen and oxygen atoms in total. The van der Waals surface area contributed by atoms with E-state index in [0.717, 1.165) is 25.5 Å². The maximum absolute atomic E-state index is 11.5. The summed E-state index contributed by atoms with van der Waals surface area (Å²) >= 11 is 0. The van der Waals surface area contributed by atoms with Gasteiger partial charge >= 0.3 is 5.97 Å². The maximum Gasteiger partial charge on any atom is 0.337 e. The average Bonchev–Trinajstić information content (AvgIpc) is 3.11. The molecule has 0 bridgehead atoms. The number of fused-ring (bicyclic) bond motifs is 2. The highest BCUT2D eigenvalue weighted by Crippen LogP contribution is 2.35. The lowest BCUT2D eigenvalue weighted by molar-refractivity contribution is 0.0699. The molecule has 0 spiro atoms. The molecule has 9 heteroatoms. The molecule has 30 heavy (non-hydrogen) atoms. The van der Waals surface area contributed by atoms with Gasteiger partial charge in [-0.1, -0.05) is 0 Å². The Hall–Kier alpha value is -3.46. The lowest BCUT2D eigenvalue weighted by atomic mass is 10.1. The Labute approximate surface area is 172 Å². The van der Waals surface area contributed by atoms with E-state index in [9.17, 15) is 25.2 Å². The number of hydrogen-bond acceptors (Lipinski definition) is 8. The molecule has 1 aromatic heterocycles. The molecular formula is C21H22N4O5. The lowest BCUT2D eigenvalue weighted by Gasteiger charge is -2.17. The van der Waals surface area contributed by atoms with Crippen molar-refractivity contribution in [1.29, 1.82) is 0 Å². The van der Waals surface area contributed by atoms with E-state index in [1.165, 1.54) is 24.8 Å². The number of aromatic nitrogens is 2. The van der Waals surface area contributed by atoms with Gasteiger partial charge in [-0.2, -0.15) is 0 Å². The fourth-order valence-electron chi connectivity index (χ4n) is 3.91. The van der Waals surface area contributed by atoms with Gasteiger partial charge in [0.2, 0.25) is 0 Å². The standard InChI is InChI=1S/C21H22N4O5/c1-25-8-2-3-11(25)6-7-22-10-13-15(27)9-16(28)20-18(13)24-19-14(26)5-4-12(21(29)30)17(19)23-20/h4-5,9-11,26-28H,2-3,6-8H2,1H3,(H,29,30). The summed E-state index contributed by atoms with van der Waals surface area (Å²) in [6.45, 7) is 1.65. The second kappa shape index (κ2) is 7.75. The third kappa shape index (κ3) is 3.48. The predicted octanol–water partition coefficient (Wildman–Crippen LogP) is 2.50. The summed E-state index contributed by atoms with van der Waals surface area (Å²) in [5.74, 6) is -2.06. The number of hydrogen-bond donors (Lipinski definition) is 4. The van der Waals surface area contributed by atoms with Crippen LogP contribution >= 0.6 is 0 Å². The van der Waals surface area contributed by atoms with Crippen molar-refractivity contribution in [3.63, 3.8) is 0 Å². The fraction of sp³-hybridized carbons (Fsp3) is 0.333. The van der Waals surface area contributed by atoms with Crippen molar-refractivity contribution in [3.8, 4) is 17.2 Å². The van der Waals surface area contributed by atoms with E-state index in [4.69, 9.17) is 0 Å². The van der Waals surface area contributed by atoms with Gasteiger partial charge in [0, 0.05) is 24.9 Å². The summed E-state index contributed by atoms with van der Waals surface area (Å²) in [4.78, 5) is 26.8. The van der Waals surface area contributed by atoms with E-state index in [-0.39, 0.29) is 50.4 Å². The molecule has 0 aliphatic carbocycles. The summed E-state index contributed by atoms with van der Waals surface area (Å²) in [5, 5.41) is 40.2. The monoisotopic (exact) mass is 410 g/mol. The van der Waals surface area contributed by atoms with E-state index in [2.05, 4.69) is 26.9 Å². The highest BCUT2D eigenvalue weighted by molar-refractivity contribution is 6.08. The van der Waals surface area contributed by atoms with Gasteiger partial charge in [0.15, 0.2) is 0 Å². The molecule has 0 radical (unpaired) electrons. The molecular weight excluding hydrogens is 388 g/mol. The van der Waals surface area contributed by atoms with Gasteiger partial charge < -0.3 is 25.3 Å². The van der Waals surface area contributed by atoms with Crippen LogP contribution in [0.1, 0.15) is 35.2 Å². The Morgan fingerprint density at radius 3 is 2.57 bits per heavy atom. The van der Waals surface area contributed by atoms with Gasteiger partial charge in [0.25, 0.3) is 0 Å². The number of phenolic OH excluding ortho intramolecular Hbond substituents is 3. The summed E-state index contributed by atoms with van der Waals surface area (Å²) in [6.07, 6.45) is 4.69. The van der Waals surface area contributed by atoms with Crippen molar-refractivity contribution in [2.24, 2.45) is 4.99 Å². The summed E-state index contributed by atoms with van der Waals surface area (Å²) in [7, 11) is 2.10. The summed E-state index contributed by atoms with van der Waals surface area (Å²) < 4.78 is 0. The van der Waals surface area contributed by atoms with Crippen LogP contribution in [0.25, 0.3) is 22.1 Å². The van der Waals surface area contributed by atoms with E-state index < -0.39 is 5.97 Å². The van der Waals surface area contributed by atoms with Gasteiger partial charge in [-0.05, 0) is 45.0 Å². The largest absolute Gasteiger partial charge is 0.507 e. The van der Waals surface area contributed by atoms with Crippen LogP contribution in [0.2, 0.25) is 0 Å². The zero-order valence-electron chi connectivity index (χ0n) is 16.4. The van der Waals surface area contributed by atoms with Gasteiger partial charge in [-0.3, -0.25) is 4.99 Å². The highest BCUT2D eigenvalue weighted by Gasteiger charge is 2.21. The van der Waals surface area contributed by atoms with E-state index in [1.807, 2.05) is 0 Å². The molecule has 1 aliphatic heterocycles. The SMILES string of the molecule is CN1CCCC1CCN=Cc1c(O)cc(O)c2nc3c(C(=O)O)ccc(O)c3nc12. The molecule has 1 saturated heterocycles. The Morgan fingerprint density at radius 1 is 1.13 bits per heavy atom. The number of carbonyl (C=O) groups is 1. The zero-order valence-corrected chi connectivity index (χ0v) is 16.4. The maximum atomic E-state index is 11.5. The number of phenols is 3. The highest BCUT2D eigenvalue weighted by atomic mass is 16.4. The van der Waals surface area contributed by atoms with Crippen LogP contribution in [0.5, 0.6) is 17.2 Å². The van der Waals surface area contributed by atoms with Gasteiger partial charge in [0.1, 0.15) is 39.3 Å².